The molecule has 0 saturated heterocycles. The number of hydrogen-bond donors (Lipinski definition) is 1. The summed E-state index contributed by atoms with van der Waals surface area (Å²) >= 11 is 0. The van der Waals surface area contributed by atoms with Crippen molar-refractivity contribution in [2.24, 2.45) is 9.98 Å². The summed E-state index contributed by atoms with van der Waals surface area (Å²) < 4.78 is 8.99. The quantitative estimate of drug-likeness (QED) is 0.191. The number of para-hydroxylation sites is 1. The molecule has 2 aromatic heterocycles. The molecule has 1 atom stereocenters. The molecule has 0 saturated carbocycles. The maximum atomic E-state index is 6.61. The molecule has 0 amide bonds. The topological polar surface area (TPSA) is 54.8 Å². The second-order valence-corrected chi connectivity index (χ2v) is 15.0. The van der Waals surface area contributed by atoms with Gasteiger partial charge in [0.15, 0.2) is 5.84 Å². The molecule has 1 aliphatic heterocycles. The minimum atomic E-state index is -0.332. The summed E-state index contributed by atoms with van der Waals surface area (Å²) in [7, 11) is 0. The third-order valence-corrected chi connectivity index (χ3v) is 11.6. The first-order chi connectivity index (χ1) is 28.7. The Balaban J connectivity index is 0.974. The van der Waals surface area contributed by atoms with Crippen LogP contribution in [0.5, 0.6) is 0 Å². The van der Waals surface area contributed by atoms with Crippen LogP contribution < -0.4 is 5.32 Å². The second-order valence-electron chi connectivity index (χ2n) is 15.0. The van der Waals surface area contributed by atoms with E-state index in [-0.39, 0.29) is 6.17 Å². The van der Waals surface area contributed by atoms with Crippen LogP contribution in [0.4, 0.5) is 0 Å². The Hall–Kier alpha value is -7.76. The molecule has 1 unspecified atom stereocenters. The van der Waals surface area contributed by atoms with E-state index in [1.807, 2.05) is 0 Å². The van der Waals surface area contributed by atoms with Gasteiger partial charge in [-0.1, -0.05) is 140 Å². The monoisotopic (exact) mass is 742 g/mol. The van der Waals surface area contributed by atoms with Gasteiger partial charge in [0.25, 0.3) is 0 Å². The standard InChI is InChI=1S/C53H34N4O/c1-2-13-35(14-3-1)42-18-10-20-47-50(42)44-17-8-9-19-46(44)57(47)41-26-28-48-45(32-41)43-27-25-40(31-49(43)58-48)53-55-51(38-23-21-33-11-4-6-15-36(33)29-38)54-52(56-53)39-24-22-34-12-5-7-16-37(34)30-39/h1-32,51H,(H,54,55,56). The molecule has 12 rings (SSSR count). The largest absolute Gasteiger partial charge is 0.456 e. The first-order valence-electron chi connectivity index (χ1n) is 19.7. The predicted octanol–water partition coefficient (Wildman–Crippen LogP) is 13.2. The van der Waals surface area contributed by atoms with Crippen molar-refractivity contribution in [1.29, 1.82) is 0 Å². The van der Waals surface area contributed by atoms with Gasteiger partial charge in [-0.3, -0.25) is 0 Å². The number of furan rings is 1. The van der Waals surface area contributed by atoms with Crippen molar-refractivity contribution in [2.45, 2.75) is 6.17 Å². The van der Waals surface area contributed by atoms with Crippen molar-refractivity contribution >= 4 is 77.0 Å². The van der Waals surface area contributed by atoms with E-state index >= 15 is 0 Å². The SMILES string of the molecule is c1ccc(-c2cccc3c2c2ccccc2n3-c2ccc3oc4cc(C5=NC(c6ccc7ccccc7c6)=NC(c6ccc7ccccc7c6)N5)ccc4c3c2)cc1. The normalized spacial score (nSPS) is 14.4. The molecule has 1 N–H and O–H groups in total. The highest BCUT2D eigenvalue weighted by Crippen LogP contribution is 2.40. The van der Waals surface area contributed by atoms with Gasteiger partial charge >= 0.3 is 0 Å². The third kappa shape index (κ3) is 5.25. The number of benzene rings is 9. The summed E-state index contributed by atoms with van der Waals surface area (Å²) in [6.45, 7) is 0. The van der Waals surface area contributed by atoms with Crippen molar-refractivity contribution < 1.29 is 4.42 Å². The Labute approximate surface area is 333 Å². The first kappa shape index (κ1) is 32.5. The van der Waals surface area contributed by atoms with Crippen molar-refractivity contribution in [2.75, 3.05) is 0 Å². The van der Waals surface area contributed by atoms with E-state index in [9.17, 15) is 0 Å². The number of aliphatic imine (C=N–C) groups is 2. The molecule has 58 heavy (non-hydrogen) atoms. The zero-order chi connectivity index (χ0) is 38.2. The Morgan fingerprint density at radius 1 is 0.466 bits per heavy atom. The Bertz CT molecular complexity index is 3500. The van der Waals surface area contributed by atoms with E-state index in [2.05, 4.69) is 204 Å². The van der Waals surface area contributed by atoms with Crippen molar-refractivity contribution in [3.8, 4) is 16.8 Å². The minimum Gasteiger partial charge on any atom is -0.456 e. The van der Waals surface area contributed by atoms with E-state index in [0.717, 1.165) is 55.5 Å². The first-order valence-corrected chi connectivity index (χ1v) is 19.7. The van der Waals surface area contributed by atoms with Gasteiger partial charge in [-0.2, -0.15) is 0 Å². The second kappa shape index (κ2) is 12.9. The van der Waals surface area contributed by atoms with Gasteiger partial charge in [0.05, 0.1) is 11.0 Å². The molecular weight excluding hydrogens is 709 g/mol. The number of hydrogen-bond acceptors (Lipinski definition) is 4. The molecule has 1 aliphatic rings. The lowest BCUT2D eigenvalue weighted by Gasteiger charge is -2.24. The molecule has 0 bridgehead atoms. The van der Waals surface area contributed by atoms with Crippen LogP contribution in [0, 0.1) is 0 Å². The van der Waals surface area contributed by atoms with Gasteiger partial charge in [-0.05, 0) is 92.8 Å². The molecule has 9 aromatic carbocycles. The number of nitrogens with one attached hydrogen (secondary N) is 1. The molecule has 272 valence electrons. The van der Waals surface area contributed by atoms with Crippen LogP contribution in [0.1, 0.15) is 22.9 Å². The fourth-order valence-electron chi connectivity index (χ4n) is 8.81. The van der Waals surface area contributed by atoms with E-state index in [1.165, 1.54) is 49.1 Å². The number of amidine groups is 2. The lowest BCUT2D eigenvalue weighted by atomic mass is 9.99. The van der Waals surface area contributed by atoms with Gasteiger partial charge < -0.3 is 14.3 Å². The third-order valence-electron chi connectivity index (χ3n) is 11.6. The van der Waals surface area contributed by atoms with Crippen LogP contribution in [-0.2, 0) is 0 Å². The zero-order valence-electron chi connectivity index (χ0n) is 31.3. The summed E-state index contributed by atoms with van der Waals surface area (Å²) in [6.07, 6.45) is -0.332. The Morgan fingerprint density at radius 2 is 1.19 bits per heavy atom. The van der Waals surface area contributed by atoms with Crippen LogP contribution in [-0.4, -0.2) is 16.2 Å². The van der Waals surface area contributed by atoms with Gasteiger partial charge in [0.2, 0.25) is 0 Å². The van der Waals surface area contributed by atoms with Crippen molar-refractivity contribution in [1.82, 2.24) is 9.88 Å². The average Bonchev–Trinajstić information content (AvgIpc) is 3.84. The highest BCUT2D eigenvalue weighted by molar-refractivity contribution is 6.17. The summed E-state index contributed by atoms with van der Waals surface area (Å²) in [5.41, 5.74) is 10.5. The molecule has 3 heterocycles. The van der Waals surface area contributed by atoms with Crippen LogP contribution in [0.15, 0.2) is 209 Å². The summed E-state index contributed by atoms with van der Waals surface area (Å²) in [6, 6.07) is 68.7. The number of fused-ring (bicyclic) bond motifs is 8. The molecule has 0 radical (unpaired) electrons. The van der Waals surface area contributed by atoms with Gasteiger partial charge in [0.1, 0.15) is 23.2 Å². The van der Waals surface area contributed by atoms with Crippen molar-refractivity contribution in [3.05, 3.63) is 211 Å². The lowest BCUT2D eigenvalue weighted by Crippen LogP contribution is -2.33. The van der Waals surface area contributed by atoms with E-state index < -0.39 is 0 Å². The van der Waals surface area contributed by atoms with Crippen LogP contribution in [0.2, 0.25) is 0 Å². The fraction of sp³-hybridized carbons (Fsp3) is 0.0189. The van der Waals surface area contributed by atoms with Crippen LogP contribution in [0.3, 0.4) is 0 Å². The fourth-order valence-corrected chi connectivity index (χ4v) is 8.81. The molecule has 11 aromatic rings. The molecular formula is C53H34N4O. The minimum absolute atomic E-state index is 0.332. The number of rotatable bonds is 5. The summed E-state index contributed by atoms with van der Waals surface area (Å²) in [5, 5.41) is 13.0. The summed E-state index contributed by atoms with van der Waals surface area (Å²) in [4.78, 5) is 10.4. The van der Waals surface area contributed by atoms with Gasteiger partial charge in [0, 0.05) is 38.4 Å². The van der Waals surface area contributed by atoms with E-state index in [0.29, 0.717) is 5.84 Å². The maximum Gasteiger partial charge on any atom is 0.159 e. The Morgan fingerprint density at radius 3 is 2.05 bits per heavy atom. The average molecular weight is 743 g/mol. The Kier molecular flexibility index (Phi) is 7.23. The van der Waals surface area contributed by atoms with Crippen molar-refractivity contribution in [3.63, 3.8) is 0 Å². The highest BCUT2D eigenvalue weighted by atomic mass is 16.3. The maximum absolute atomic E-state index is 6.61. The van der Waals surface area contributed by atoms with Crippen LogP contribution in [0.25, 0.3) is 82.1 Å². The number of aromatic nitrogens is 1. The van der Waals surface area contributed by atoms with Gasteiger partial charge in [-0.15, -0.1) is 0 Å². The van der Waals surface area contributed by atoms with E-state index in [1.54, 1.807) is 0 Å². The summed E-state index contributed by atoms with van der Waals surface area (Å²) in [5.74, 6) is 1.44. The number of nitrogens with zero attached hydrogens (tertiary/aromatic N) is 3. The smallest absolute Gasteiger partial charge is 0.159 e. The molecule has 0 aliphatic carbocycles. The highest BCUT2D eigenvalue weighted by Gasteiger charge is 2.23. The van der Waals surface area contributed by atoms with Gasteiger partial charge in [-0.25, -0.2) is 9.98 Å². The molecule has 5 nitrogen and oxygen atoms in total. The molecule has 5 heteroatoms. The molecule has 0 spiro atoms. The zero-order valence-corrected chi connectivity index (χ0v) is 31.3. The lowest BCUT2D eigenvalue weighted by molar-refractivity contribution is 0.666. The predicted molar refractivity (Wildman–Crippen MR) is 240 cm³/mol. The van der Waals surface area contributed by atoms with Crippen LogP contribution >= 0.6 is 0 Å². The van der Waals surface area contributed by atoms with E-state index in [4.69, 9.17) is 14.4 Å². The molecule has 0 fully saturated rings.